The van der Waals surface area contributed by atoms with E-state index < -0.39 is 0 Å². The van der Waals surface area contributed by atoms with Gasteiger partial charge in [0.1, 0.15) is 17.3 Å². The molecule has 164 valence electrons. The Balaban J connectivity index is 1.49. The third kappa shape index (κ3) is 3.96. The van der Waals surface area contributed by atoms with Crippen molar-refractivity contribution in [2.75, 3.05) is 19.5 Å². The van der Waals surface area contributed by atoms with Crippen LogP contribution in [0.3, 0.4) is 0 Å². The van der Waals surface area contributed by atoms with E-state index in [1.807, 2.05) is 47.0 Å². The minimum absolute atomic E-state index is 0.568. The fourth-order valence-corrected chi connectivity index (χ4v) is 4.29. The number of halogens is 1. The van der Waals surface area contributed by atoms with Gasteiger partial charge in [-0.1, -0.05) is 23.7 Å². The number of aromatic nitrogens is 4. The first-order valence-corrected chi connectivity index (χ1v) is 11.0. The minimum atomic E-state index is 0.568. The topological polar surface area (TPSA) is 73.6 Å². The van der Waals surface area contributed by atoms with Crippen LogP contribution in [0.2, 0.25) is 5.02 Å². The Morgan fingerprint density at radius 3 is 2.66 bits per heavy atom. The molecule has 0 radical (unpaired) electrons. The molecule has 0 atom stereocenters. The average molecular weight is 450 g/mol. The maximum absolute atomic E-state index is 6.01. The molecule has 0 aliphatic heterocycles. The molecule has 7 nitrogen and oxygen atoms in total. The normalized spacial score (nSPS) is 12.7. The van der Waals surface area contributed by atoms with Crippen molar-refractivity contribution in [3.05, 3.63) is 75.7 Å². The highest BCUT2D eigenvalue weighted by molar-refractivity contribution is 6.30. The van der Waals surface area contributed by atoms with Crippen LogP contribution in [0.5, 0.6) is 11.5 Å². The number of benzene rings is 2. The first-order valence-electron chi connectivity index (χ1n) is 10.6. The van der Waals surface area contributed by atoms with E-state index in [1.54, 1.807) is 14.2 Å². The van der Waals surface area contributed by atoms with Crippen LogP contribution in [0.15, 0.2) is 42.5 Å². The molecule has 2 aromatic carbocycles. The van der Waals surface area contributed by atoms with Gasteiger partial charge in [0.25, 0.3) is 5.78 Å². The quantitative estimate of drug-likeness (QED) is 0.448. The van der Waals surface area contributed by atoms with Gasteiger partial charge in [0.2, 0.25) is 0 Å². The average Bonchev–Trinajstić information content (AvgIpc) is 3.44. The zero-order valence-corrected chi connectivity index (χ0v) is 18.8. The van der Waals surface area contributed by atoms with Crippen LogP contribution in [0.25, 0.3) is 5.78 Å². The van der Waals surface area contributed by atoms with Gasteiger partial charge in [-0.3, -0.25) is 0 Å². The monoisotopic (exact) mass is 449 g/mol. The molecule has 0 saturated heterocycles. The highest BCUT2D eigenvalue weighted by atomic mass is 35.5. The maximum atomic E-state index is 6.01. The third-order valence-corrected chi connectivity index (χ3v) is 6.02. The molecule has 0 fully saturated rings. The molecule has 8 heteroatoms. The highest BCUT2D eigenvalue weighted by Gasteiger charge is 2.22. The molecule has 0 amide bonds. The molecular formula is C24H24ClN5O2. The Morgan fingerprint density at radius 2 is 1.88 bits per heavy atom. The number of anilines is 1. The van der Waals surface area contributed by atoms with Crippen molar-refractivity contribution in [2.24, 2.45) is 0 Å². The van der Waals surface area contributed by atoms with Gasteiger partial charge in [-0.15, -0.1) is 5.10 Å². The van der Waals surface area contributed by atoms with Gasteiger partial charge < -0.3 is 14.8 Å². The molecule has 1 N–H and O–H groups in total. The van der Waals surface area contributed by atoms with E-state index in [0.717, 1.165) is 59.2 Å². The number of hydrogen-bond acceptors (Lipinski definition) is 6. The van der Waals surface area contributed by atoms with Gasteiger partial charge in [-0.05, 0) is 55.2 Å². The van der Waals surface area contributed by atoms with E-state index >= 15 is 0 Å². The van der Waals surface area contributed by atoms with Gasteiger partial charge in [0.15, 0.2) is 5.82 Å². The lowest BCUT2D eigenvalue weighted by molar-refractivity contribution is 0.399. The van der Waals surface area contributed by atoms with Gasteiger partial charge in [-0.2, -0.15) is 9.50 Å². The van der Waals surface area contributed by atoms with Gasteiger partial charge in [-0.25, -0.2) is 4.98 Å². The van der Waals surface area contributed by atoms with E-state index in [4.69, 9.17) is 36.1 Å². The lowest BCUT2D eigenvalue weighted by Crippen LogP contribution is -2.11. The van der Waals surface area contributed by atoms with Crippen molar-refractivity contribution in [2.45, 2.75) is 32.2 Å². The molecule has 1 aliphatic rings. The van der Waals surface area contributed by atoms with Crippen LogP contribution in [0, 0.1) is 0 Å². The van der Waals surface area contributed by atoms with Gasteiger partial charge in [0.05, 0.1) is 19.9 Å². The number of ether oxygens (including phenoxy) is 2. The Labute approximate surface area is 191 Å². The van der Waals surface area contributed by atoms with E-state index in [2.05, 4.69) is 5.32 Å². The third-order valence-electron chi connectivity index (χ3n) is 5.76. The zero-order chi connectivity index (χ0) is 22.1. The number of rotatable bonds is 7. The first-order chi connectivity index (χ1) is 15.6. The Kier molecular flexibility index (Phi) is 5.57. The summed E-state index contributed by atoms with van der Waals surface area (Å²) in [5.74, 6) is 3.89. The number of hydrogen-bond donors (Lipinski definition) is 1. The Bertz CT molecular complexity index is 1270. The van der Waals surface area contributed by atoms with Gasteiger partial charge in [0, 0.05) is 29.1 Å². The van der Waals surface area contributed by atoms with E-state index in [9.17, 15) is 0 Å². The first kappa shape index (κ1) is 20.6. The zero-order valence-electron chi connectivity index (χ0n) is 18.1. The molecule has 32 heavy (non-hydrogen) atoms. The number of nitrogens with one attached hydrogen (secondary N) is 1. The second-order valence-corrected chi connectivity index (χ2v) is 8.25. The second kappa shape index (κ2) is 8.67. The molecule has 4 aromatic rings. The fourth-order valence-electron chi connectivity index (χ4n) is 4.16. The van der Waals surface area contributed by atoms with Crippen molar-refractivity contribution >= 4 is 23.2 Å². The van der Waals surface area contributed by atoms with Crippen molar-refractivity contribution < 1.29 is 9.47 Å². The maximum Gasteiger partial charge on any atom is 0.254 e. The minimum Gasteiger partial charge on any atom is -0.497 e. The Hall–Kier alpha value is -3.32. The van der Waals surface area contributed by atoms with Crippen LogP contribution >= 0.6 is 11.6 Å². The van der Waals surface area contributed by atoms with Crippen molar-refractivity contribution in [3.63, 3.8) is 0 Å². The number of fused-ring (bicyclic) bond motifs is 2. The number of methoxy groups -OCH3 is 2. The Morgan fingerprint density at radius 1 is 1.03 bits per heavy atom. The van der Waals surface area contributed by atoms with Crippen LogP contribution < -0.4 is 14.8 Å². The summed E-state index contributed by atoms with van der Waals surface area (Å²) in [6.45, 7) is 0.568. The lowest BCUT2D eigenvalue weighted by atomic mass is 10.1. The van der Waals surface area contributed by atoms with Crippen LogP contribution in [-0.4, -0.2) is 33.8 Å². The summed E-state index contributed by atoms with van der Waals surface area (Å²) >= 11 is 6.01. The SMILES string of the molecule is COc1ccc(OC)c(CNc2c3c(nc4nc(Cc5ccc(Cl)cc5)nn24)CCC3)c1. The van der Waals surface area contributed by atoms with Crippen LogP contribution in [-0.2, 0) is 25.8 Å². The predicted octanol–water partition coefficient (Wildman–Crippen LogP) is 4.49. The summed E-state index contributed by atoms with van der Waals surface area (Å²) in [4.78, 5) is 9.50. The van der Waals surface area contributed by atoms with Crippen LogP contribution in [0.1, 0.15) is 34.6 Å². The van der Waals surface area contributed by atoms with E-state index in [-0.39, 0.29) is 0 Å². The molecule has 0 bridgehead atoms. The summed E-state index contributed by atoms with van der Waals surface area (Å²) < 4.78 is 12.8. The van der Waals surface area contributed by atoms with Crippen molar-refractivity contribution in [1.29, 1.82) is 0 Å². The number of nitrogens with zero attached hydrogens (tertiary/aromatic N) is 4. The highest BCUT2D eigenvalue weighted by Crippen LogP contribution is 2.30. The van der Waals surface area contributed by atoms with Gasteiger partial charge >= 0.3 is 0 Å². The summed E-state index contributed by atoms with van der Waals surface area (Å²) in [5.41, 5.74) is 4.42. The van der Waals surface area contributed by atoms with E-state index in [1.165, 1.54) is 5.56 Å². The summed E-state index contributed by atoms with van der Waals surface area (Å²) in [5, 5.41) is 9.09. The molecular weight excluding hydrogens is 426 g/mol. The summed E-state index contributed by atoms with van der Waals surface area (Å²) in [6, 6.07) is 13.6. The molecule has 2 aromatic heterocycles. The van der Waals surface area contributed by atoms with Crippen LogP contribution in [0.4, 0.5) is 5.82 Å². The largest absolute Gasteiger partial charge is 0.497 e. The number of aryl methyl sites for hydroxylation is 1. The molecule has 0 saturated carbocycles. The van der Waals surface area contributed by atoms with Crippen molar-refractivity contribution in [1.82, 2.24) is 19.6 Å². The predicted molar refractivity (Wildman–Crippen MR) is 124 cm³/mol. The van der Waals surface area contributed by atoms with Crippen molar-refractivity contribution in [3.8, 4) is 11.5 Å². The summed E-state index contributed by atoms with van der Waals surface area (Å²) in [7, 11) is 3.34. The van der Waals surface area contributed by atoms with E-state index in [0.29, 0.717) is 23.8 Å². The second-order valence-electron chi connectivity index (χ2n) is 7.81. The molecule has 5 rings (SSSR count). The smallest absolute Gasteiger partial charge is 0.254 e. The molecule has 2 heterocycles. The summed E-state index contributed by atoms with van der Waals surface area (Å²) in [6.07, 6.45) is 3.64. The standard InChI is InChI=1S/C24H24ClN5O2/c1-31-18-10-11-21(32-2)16(13-18)14-26-23-19-4-3-5-20(19)27-24-28-22(29-30(23)24)12-15-6-8-17(25)9-7-15/h6-11,13,26H,3-5,12,14H2,1-2H3. The molecule has 0 spiro atoms. The molecule has 1 aliphatic carbocycles. The molecule has 0 unspecified atom stereocenters. The lowest BCUT2D eigenvalue weighted by Gasteiger charge is -2.15. The fraction of sp³-hybridized carbons (Fsp3) is 0.292.